The number of amides is 1. The number of carbonyl (C=O) groups excluding carboxylic acids is 2. The Labute approximate surface area is 105 Å². The standard InChI is InChI=1S/C12H15FN2O3/c1-3-18-11(16)5-7-15(2)12(17)9-4-6-14-8-10(9)13/h4,6,8H,3,5,7H2,1-2H3. The van der Waals surface area contributed by atoms with Crippen LogP contribution in [0.2, 0.25) is 0 Å². The SMILES string of the molecule is CCOC(=O)CCN(C)C(=O)c1ccncc1F. The fraction of sp³-hybridized carbons (Fsp3) is 0.417. The number of hydrogen-bond donors (Lipinski definition) is 0. The summed E-state index contributed by atoms with van der Waals surface area (Å²) in [5, 5.41) is 0. The van der Waals surface area contributed by atoms with Gasteiger partial charge < -0.3 is 9.64 Å². The second-order valence-electron chi connectivity index (χ2n) is 3.64. The Hall–Kier alpha value is -1.98. The second-order valence-corrected chi connectivity index (χ2v) is 3.64. The highest BCUT2D eigenvalue weighted by atomic mass is 19.1. The third-order valence-corrected chi connectivity index (χ3v) is 2.31. The smallest absolute Gasteiger partial charge is 0.307 e. The normalized spacial score (nSPS) is 9.94. The molecule has 6 heteroatoms. The number of rotatable bonds is 5. The van der Waals surface area contributed by atoms with E-state index in [1.54, 1.807) is 6.92 Å². The molecule has 0 radical (unpaired) electrons. The predicted octanol–water partition coefficient (Wildman–Crippen LogP) is 1.25. The molecule has 0 spiro atoms. The van der Waals surface area contributed by atoms with Crippen molar-refractivity contribution >= 4 is 11.9 Å². The van der Waals surface area contributed by atoms with Crippen LogP contribution in [0, 0.1) is 5.82 Å². The van der Waals surface area contributed by atoms with E-state index in [1.807, 2.05) is 0 Å². The van der Waals surface area contributed by atoms with Crippen molar-refractivity contribution in [3.05, 3.63) is 29.8 Å². The number of carbonyl (C=O) groups is 2. The van der Waals surface area contributed by atoms with Crippen LogP contribution in [0.5, 0.6) is 0 Å². The molecule has 18 heavy (non-hydrogen) atoms. The number of esters is 1. The molecule has 0 N–H and O–H groups in total. The van der Waals surface area contributed by atoms with Crippen LogP contribution >= 0.6 is 0 Å². The van der Waals surface area contributed by atoms with Gasteiger partial charge in [0.1, 0.15) is 0 Å². The molecular weight excluding hydrogens is 239 g/mol. The van der Waals surface area contributed by atoms with Crippen molar-refractivity contribution in [2.45, 2.75) is 13.3 Å². The van der Waals surface area contributed by atoms with E-state index >= 15 is 0 Å². The zero-order valence-corrected chi connectivity index (χ0v) is 10.4. The monoisotopic (exact) mass is 254 g/mol. The largest absolute Gasteiger partial charge is 0.466 e. The van der Waals surface area contributed by atoms with Crippen LogP contribution < -0.4 is 0 Å². The Morgan fingerprint density at radius 2 is 2.22 bits per heavy atom. The van der Waals surface area contributed by atoms with Crippen molar-refractivity contribution in [2.24, 2.45) is 0 Å². The number of pyridine rings is 1. The Bertz CT molecular complexity index is 437. The molecule has 1 aromatic rings. The van der Waals surface area contributed by atoms with Crippen molar-refractivity contribution in [3.63, 3.8) is 0 Å². The Kier molecular flexibility index (Phi) is 5.23. The van der Waals surface area contributed by atoms with Gasteiger partial charge in [-0.1, -0.05) is 0 Å². The molecule has 1 aromatic heterocycles. The quantitative estimate of drug-likeness (QED) is 0.742. The lowest BCUT2D eigenvalue weighted by molar-refractivity contribution is -0.143. The summed E-state index contributed by atoms with van der Waals surface area (Å²) >= 11 is 0. The number of ether oxygens (including phenoxy) is 1. The van der Waals surface area contributed by atoms with Crippen LogP contribution in [-0.4, -0.2) is 42.0 Å². The highest BCUT2D eigenvalue weighted by Gasteiger charge is 2.16. The molecule has 0 aliphatic carbocycles. The number of nitrogens with zero attached hydrogens (tertiary/aromatic N) is 2. The number of aromatic nitrogens is 1. The summed E-state index contributed by atoms with van der Waals surface area (Å²) in [5.41, 5.74) is -0.0589. The van der Waals surface area contributed by atoms with E-state index < -0.39 is 11.7 Å². The molecule has 1 amide bonds. The molecule has 0 aromatic carbocycles. The molecule has 0 fully saturated rings. The molecule has 0 saturated carbocycles. The first-order chi connectivity index (χ1) is 8.56. The van der Waals surface area contributed by atoms with Gasteiger partial charge in [0.25, 0.3) is 5.91 Å². The maximum atomic E-state index is 13.3. The van der Waals surface area contributed by atoms with Gasteiger partial charge in [-0.2, -0.15) is 0 Å². The van der Waals surface area contributed by atoms with Crippen LogP contribution in [0.25, 0.3) is 0 Å². The van der Waals surface area contributed by atoms with Crippen LogP contribution in [-0.2, 0) is 9.53 Å². The third kappa shape index (κ3) is 3.80. The van der Waals surface area contributed by atoms with Gasteiger partial charge in [0, 0.05) is 19.8 Å². The van der Waals surface area contributed by atoms with Gasteiger partial charge in [-0.05, 0) is 13.0 Å². The molecule has 0 unspecified atom stereocenters. The third-order valence-electron chi connectivity index (χ3n) is 2.31. The van der Waals surface area contributed by atoms with E-state index in [4.69, 9.17) is 4.74 Å². The van der Waals surface area contributed by atoms with E-state index in [0.29, 0.717) is 6.61 Å². The zero-order valence-electron chi connectivity index (χ0n) is 10.4. The Balaban J connectivity index is 2.57. The van der Waals surface area contributed by atoms with Crippen molar-refractivity contribution in [3.8, 4) is 0 Å². The van der Waals surface area contributed by atoms with Crippen LogP contribution in [0.1, 0.15) is 23.7 Å². The molecule has 1 rings (SSSR count). The molecular formula is C12H15FN2O3. The first-order valence-corrected chi connectivity index (χ1v) is 5.56. The van der Waals surface area contributed by atoms with Gasteiger partial charge in [-0.25, -0.2) is 4.39 Å². The summed E-state index contributed by atoms with van der Waals surface area (Å²) < 4.78 is 18.1. The lowest BCUT2D eigenvalue weighted by Crippen LogP contribution is -2.30. The minimum atomic E-state index is -0.675. The van der Waals surface area contributed by atoms with Crippen LogP contribution in [0.3, 0.4) is 0 Å². The maximum absolute atomic E-state index is 13.3. The molecule has 0 saturated heterocycles. The van der Waals surface area contributed by atoms with Gasteiger partial charge in [0.05, 0.1) is 24.8 Å². The summed E-state index contributed by atoms with van der Waals surface area (Å²) in [6.07, 6.45) is 2.41. The van der Waals surface area contributed by atoms with Crippen LogP contribution in [0.15, 0.2) is 18.5 Å². The molecule has 1 heterocycles. The molecule has 0 aliphatic heterocycles. The molecule has 0 aliphatic rings. The minimum Gasteiger partial charge on any atom is -0.466 e. The van der Waals surface area contributed by atoms with E-state index in [1.165, 1.54) is 24.2 Å². The fourth-order valence-corrected chi connectivity index (χ4v) is 1.35. The Morgan fingerprint density at radius 3 is 2.83 bits per heavy atom. The summed E-state index contributed by atoms with van der Waals surface area (Å²) in [4.78, 5) is 27.8. The lowest BCUT2D eigenvalue weighted by atomic mass is 10.2. The van der Waals surface area contributed by atoms with Crippen molar-refractivity contribution < 1.29 is 18.7 Å². The van der Waals surface area contributed by atoms with Gasteiger partial charge >= 0.3 is 5.97 Å². The molecule has 98 valence electrons. The average molecular weight is 254 g/mol. The first kappa shape index (κ1) is 14.1. The number of hydrogen-bond acceptors (Lipinski definition) is 4. The van der Waals surface area contributed by atoms with Crippen molar-refractivity contribution in [2.75, 3.05) is 20.2 Å². The van der Waals surface area contributed by atoms with Crippen LogP contribution in [0.4, 0.5) is 4.39 Å². The molecule has 0 atom stereocenters. The summed E-state index contributed by atoms with van der Waals surface area (Å²) in [5.74, 6) is -1.54. The van der Waals surface area contributed by atoms with E-state index in [0.717, 1.165) is 6.20 Å². The highest BCUT2D eigenvalue weighted by molar-refractivity contribution is 5.94. The lowest BCUT2D eigenvalue weighted by Gasteiger charge is -2.16. The van der Waals surface area contributed by atoms with E-state index in [-0.39, 0.29) is 24.5 Å². The molecule has 5 nitrogen and oxygen atoms in total. The fourth-order valence-electron chi connectivity index (χ4n) is 1.35. The van der Waals surface area contributed by atoms with E-state index in [2.05, 4.69) is 4.98 Å². The van der Waals surface area contributed by atoms with Gasteiger partial charge in [0.15, 0.2) is 5.82 Å². The zero-order chi connectivity index (χ0) is 13.5. The predicted molar refractivity (Wildman–Crippen MR) is 62.4 cm³/mol. The topological polar surface area (TPSA) is 59.5 Å². The molecule has 0 bridgehead atoms. The Morgan fingerprint density at radius 1 is 1.50 bits per heavy atom. The second kappa shape index (κ2) is 6.68. The van der Waals surface area contributed by atoms with Crippen molar-refractivity contribution in [1.82, 2.24) is 9.88 Å². The van der Waals surface area contributed by atoms with Crippen molar-refractivity contribution in [1.29, 1.82) is 0 Å². The summed E-state index contributed by atoms with van der Waals surface area (Å²) in [6.45, 7) is 2.19. The van der Waals surface area contributed by atoms with E-state index in [9.17, 15) is 14.0 Å². The van der Waals surface area contributed by atoms with Gasteiger partial charge in [-0.15, -0.1) is 0 Å². The van der Waals surface area contributed by atoms with Gasteiger partial charge in [0.2, 0.25) is 0 Å². The maximum Gasteiger partial charge on any atom is 0.307 e. The number of halogens is 1. The summed E-state index contributed by atoms with van der Waals surface area (Å²) in [6, 6.07) is 1.30. The average Bonchev–Trinajstić information content (AvgIpc) is 2.36. The highest BCUT2D eigenvalue weighted by Crippen LogP contribution is 2.08. The summed E-state index contributed by atoms with van der Waals surface area (Å²) in [7, 11) is 1.50. The first-order valence-electron chi connectivity index (χ1n) is 5.56. The van der Waals surface area contributed by atoms with Gasteiger partial charge in [-0.3, -0.25) is 14.6 Å². The minimum absolute atomic E-state index is 0.0589.